The van der Waals surface area contributed by atoms with Crippen molar-refractivity contribution < 1.29 is 12.8 Å². The number of rotatable bonds is 5. The van der Waals surface area contributed by atoms with Crippen LogP contribution < -0.4 is 4.72 Å². The molecule has 0 amide bonds. The fraction of sp³-hybridized carbons (Fsp3) is 0.0455. The molecule has 0 unspecified atom stereocenters. The maximum Gasteiger partial charge on any atom is 0.261 e. The van der Waals surface area contributed by atoms with Gasteiger partial charge in [0.05, 0.1) is 10.6 Å². The van der Waals surface area contributed by atoms with E-state index in [1.165, 1.54) is 17.7 Å². The lowest BCUT2D eigenvalue weighted by atomic mass is 10.1. The molecule has 4 rings (SSSR count). The van der Waals surface area contributed by atoms with Crippen LogP contribution in [0.1, 0.15) is 5.56 Å². The summed E-state index contributed by atoms with van der Waals surface area (Å²) in [6.07, 6.45) is 0. The molecular weight excluding hydrogens is 407 g/mol. The number of sulfonamides is 1. The summed E-state index contributed by atoms with van der Waals surface area (Å²) in [6.45, 7) is 2.05. The Balaban J connectivity index is 1.54. The first-order valence-corrected chi connectivity index (χ1v) is 11.2. The Morgan fingerprint density at radius 3 is 2.31 bits per heavy atom. The number of aromatic nitrogens is 1. The van der Waals surface area contributed by atoms with Crippen LogP contribution in [0.3, 0.4) is 0 Å². The van der Waals surface area contributed by atoms with E-state index < -0.39 is 15.8 Å². The van der Waals surface area contributed by atoms with Crippen molar-refractivity contribution in [2.24, 2.45) is 0 Å². The van der Waals surface area contributed by atoms with E-state index in [2.05, 4.69) is 17.7 Å². The van der Waals surface area contributed by atoms with Gasteiger partial charge in [-0.2, -0.15) is 0 Å². The van der Waals surface area contributed by atoms with Crippen LogP contribution in [0.2, 0.25) is 0 Å². The molecule has 0 atom stereocenters. The third kappa shape index (κ3) is 4.21. The standard InChI is InChI=1S/C22H17FN2O2S2/c1-15-4-2-3-5-20(15)22-24-21(14-28-22)16-6-10-18(11-7-16)25-29(26,27)19-12-8-17(23)9-13-19/h2-14,25H,1H3. The molecule has 0 bridgehead atoms. The van der Waals surface area contributed by atoms with Crippen molar-refractivity contribution in [1.82, 2.24) is 4.98 Å². The number of hydrogen-bond donors (Lipinski definition) is 1. The van der Waals surface area contributed by atoms with Crippen LogP contribution in [0.4, 0.5) is 10.1 Å². The first-order chi connectivity index (χ1) is 13.9. The van der Waals surface area contributed by atoms with Gasteiger partial charge in [0, 0.05) is 22.2 Å². The van der Waals surface area contributed by atoms with E-state index in [1.54, 1.807) is 23.5 Å². The molecule has 1 aromatic heterocycles. The first-order valence-electron chi connectivity index (χ1n) is 8.83. The summed E-state index contributed by atoms with van der Waals surface area (Å²) in [7, 11) is -3.77. The van der Waals surface area contributed by atoms with Crippen molar-refractivity contribution >= 4 is 27.0 Å². The largest absolute Gasteiger partial charge is 0.280 e. The van der Waals surface area contributed by atoms with Crippen molar-refractivity contribution in [2.45, 2.75) is 11.8 Å². The summed E-state index contributed by atoms with van der Waals surface area (Å²) in [5.41, 5.74) is 4.42. The summed E-state index contributed by atoms with van der Waals surface area (Å²) < 4.78 is 40.4. The minimum atomic E-state index is -3.77. The summed E-state index contributed by atoms with van der Waals surface area (Å²) in [5.74, 6) is -0.485. The molecule has 7 heteroatoms. The van der Waals surface area contributed by atoms with Crippen molar-refractivity contribution in [1.29, 1.82) is 0 Å². The number of nitrogens with zero attached hydrogens (tertiary/aromatic N) is 1. The Labute approximate surface area is 172 Å². The van der Waals surface area contributed by atoms with Crippen LogP contribution in [0.5, 0.6) is 0 Å². The van der Waals surface area contributed by atoms with Gasteiger partial charge in [-0.05, 0) is 48.9 Å². The molecule has 4 aromatic rings. The second kappa shape index (κ2) is 7.77. The topological polar surface area (TPSA) is 59.1 Å². The highest BCUT2D eigenvalue weighted by atomic mass is 32.2. The third-order valence-electron chi connectivity index (χ3n) is 4.44. The lowest BCUT2D eigenvalue weighted by molar-refractivity contribution is 0.599. The minimum Gasteiger partial charge on any atom is -0.280 e. The molecule has 0 saturated carbocycles. The highest BCUT2D eigenvalue weighted by Gasteiger charge is 2.14. The van der Waals surface area contributed by atoms with Gasteiger partial charge in [0.1, 0.15) is 10.8 Å². The van der Waals surface area contributed by atoms with E-state index in [1.807, 2.05) is 35.7 Å². The number of halogens is 1. The summed E-state index contributed by atoms with van der Waals surface area (Å²) >= 11 is 1.57. The maximum absolute atomic E-state index is 13.0. The number of hydrogen-bond acceptors (Lipinski definition) is 4. The second-order valence-corrected chi connectivity index (χ2v) is 9.03. The molecule has 0 saturated heterocycles. The molecule has 0 aliphatic rings. The van der Waals surface area contributed by atoms with Gasteiger partial charge in [0.2, 0.25) is 0 Å². The van der Waals surface area contributed by atoms with E-state index in [9.17, 15) is 12.8 Å². The molecule has 1 heterocycles. The molecule has 3 aromatic carbocycles. The number of aryl methyl sites for hydroxylation is 1. The fourth-order valence-electron chi connectivity index (χ4n) is 2.88. The lowest BCUT2D eigenvalue weighted by Gasteiger charge is -2.08. The number of benzene rings is 3. The van der Waals surface area contributed by atoms with Gasteiger partial charge in [-0.1, -0.05) is 36.4 Å². The normalized spacial score (nSPS) is 11.4. The molecule has 146 valence electrons. The number of anilines is 1. The average molecular weight is 425 g/mol. The predicted molar refractivity (Wildman–Crippen MR) is 115 cm³/mol. The van der Waals surface area contributed by atoms with Gasteiger partial charge >= 0.3 is 0 Å². The van der Waals surface area contributed by atoms with Gasteiger partial charge in [-0.25, -0.2) is 17.8 Å². The molecular formula is C22H17FN2O2S2. The highest BCUT2D eigenvalue weighted by Crippen LogP contribution is 2.31. The van der Waals surface area contributed by atoms with Gasteiger partial charge in [0.15, 0.2) is 0 Å². The third-order valence-corrected chi connectivity index (χ3v) is 6.71. The Kier molecular flexibility index (Phi) is 5.17. The smallest absolute Gasteiger partial charge is 0.261 e. The predicted octanol–water partition coefficient (Wildman–Crippen LogP) is 5.73. The zero-order valence-corrected chi connectivity index (χ0v) is 17.1. The van der Waals surface area contributed by atoms with Gasteiger partial charge in [-0.15, -0.1) is 11.3 Å². The highest BCUT2D eigenvalue weighted by molar-refractivity contribution is 7.92. The SMILES string of the molecule is Cc1ccccc1-c1nc(-c2ccc(NS(=O)(=O)c3ccc(F)cc3)cc2)cs1. The molecule has 0 aliphatic heterocycles. The molecule has 0 spiro atoms. The monoisotopic (exact) mass is 424 g/mol. The van der Waals surface area contributed by atoms with E-state index in [0.29, 0.717) is 5.69 Å². The van der Waals surface area contributed by atoms with Gasteiger partial charge < -0.3 is 0 Å². The van der Waals surface area contributed by atoms with Crippen LogP contribution in [0.25, 0.3) is 21.8 Å². The maximum atomic E-state index is 13.0. The number of nitrogens with one attached hydrogen (secondary N) is 1. The molecule has 29 heavy (non-hydrogen) atoms. The van der Waals surface area contributed by atoms with Crippen molar-refractivity contribution in [3.8, 4) is 21.8 Å². The lowest BCUT2D eigenvalue weighted by Crippen LogP contribution is -2.12. The zero-order chi connectivity index (χ0) is 20.4. The summed E-state index contributed by atoms with van der Waals surface area (Å²) in [6, 6.07) is 19.8. The summed E-state index contributed by atoms with van der Waals surface area (Å²) in [4.78, 5) is 4.72. The van der Waals surface area contributed by atoms with Gasteiger partial charge in [0.25, 0.3) is 10.0 Å². The average Bonchev–Trinajstić information content (AvgIpc) is 3.19. The Hall–Kier alpha value is -3.03. The van der Waals surface area contributed by atoms with E-state index in [4.69, 9.17) is 4.98 Å². The molecule has 0 radical (unpaired) electrons. The van der Waals surface area contributed by atoms with Crippen molar-refractivity contribution in [3.05, 3.63) is 89.6 Å². The van der Waals surface area contributed by atoms with Gasteiger partial charge in [-0.3, -0.25) is 4.72 Å². The Morgan fingerprint density at radius 2 is 1.62 bits per heavy atom. The van der Waals surface area contributed by atoms with Crippen LogP contribution in [-0.2, 0) is 10.0 Å². The first kappa shape index (κ1) is 19.3. The van der Waals surface area contributed by atoms with Crippen LogP contribution in [0.15, 0.2) is 83.1 Å². The zero-order valence-electron chi connectivity index (χ0n) is 15.5. The number of thiazole rings is 1. The molecule has 4 nitrogen and oxygen atoms in total. The minimum absolute atomic E-state index is 0.00495. The van der Waals surface area contributed by atoms with Crippen molar-refractivity contribution in [3.63, 3.8) is 0 Å². The van der Waals surface area contributed by atoms with Crippen LogP contribution in [-0.4, -0.2) is 13.4 Å². The second-order valence-electron chi connectivity index (χ2n) is 6.49. The van der Waals surface area contributed by atoms with Crippen LogP contribution in [0, 0.1) is 12.7 Å². The fourth-order valence-corrected chi connectivity index (χ4v) is 4.86. The van der Waals surface area contributed by atoms with E-state index >= 15 is 0 Å². The quantitative estimate of drug-likeness (QED) is 0.445. The van der Waals surface area contributed by atoms with E-state index in [0.717, 1.165) is 34.0 Å². The van der Waals surface area contributed by atoms with Crippen molar-refractivity contribution in [2.75, 3.05) is 4.72 Å². The Morgan fingerprint density at radius 1 is 0.931 bits per heavy atom. The molecule has 0 fully saturated rings. The van der Waals surface area contributed by atoms with E-state index in [-0.39, 0.29) is 4.90 Å². The van der Waals surface area contributed by atoms with Crippen LogP contribution >= 0.6 is 11.3 Å². The summed E-state index contributed by atoms with van der Waals surface area (Å²) in [5, 5.41) is 2.93. The molecule has 1 N–H and O–H groups in total. The molecule has 0 aliphatic carbocycles. The Bertz CT molecular complexity index is 1250.